The molecule has 2 atom stereocenters. The SMILES string of the molecule is CCCCC/C=C\CC(NC(=O)C1CCCN1C(=O)CNC(=O)OC1CCCC1)C(=O)O. The molecule has 0 bridgehead atoms. The van der Waals surface area contributed by atoms with Crippen molar-refractivity contribution in [2.75, 3.05) is 13.1 Å². The number of allylic oxidation sites excluding steroid dienone is 1. The lowest BCUT2D eigenvalue weighted by molar-refractivity contribution is -0.143. The van der Waals surface area contributed by atoms with Crippen LogP contribution < -0.4 is 10.6 Å². The summed E-state index contributed by atoms with van der Waals surface area (Å²) in [5.41, 5.74) is 0. The zero-order valence-electron chi connectivity index (χ0n) is 19.0. The van der Waals surface area contributed by atoms with Gasteiger partial charge in [-0.1, -0.05) is 31.9 Å². The lowest BCUT2D eigenvalue weighted by atomic mass is 10.1. The van der Waals surface area contributed by atoms with Crippen LogP contribution in [0, 0.1) is 0 Å². The Morgan fingerprint density at radius 2 is 1.84 bits per heavy atom. The van der Waals surface area contributed by atoms with Crippen molar-refractivity contribution in [1.82, 2.24) is 15.5 Å². The van der Waals surface area contributed by atoms with Crippen LogP contribution in [0.2, 0.25) is 0 Å². The van der Waals surface area contributed by atoms with E-state index in [0.717, 1.165) is 51.4 Å². The molecule has 0 aromatic carbocycles. The van der Waals surface area contributed by atoms with Gasteiger partial charge in [-0.3, -0.25) is 9.59 Å². The highest BCUT2D eigenvalue weighted by Gasteiger charge is 2.35. The Labute approximate surface area is 189 Å². The molecule has 32 heavy (non-hydrogen) atoms. The van der Waals surface area contributed by atoms with Crippen LogP contribution in [0.3, 0.4) is 0 Å². The van der Waals surface area contributed by atoms with Crippen LogP contribution in [0.1, 0.15) is 77.6 Å². The molecule has 9 heteroatoms. The van der Waals surface area contributed by atoms with Gasteiger partial charge in [0.2, 0.25) is 11.8 Å². The number of carboxylic acid groups (broad SMARTS) is 1. The number of carboxylic acids is 1. The van der Waals surface area contributed by atoms with Gasteiger partial charge < -0.3 is 25.4 Å². The van der Waals surface area contributed by atoms with Crippen molar-refractivity contribution in [3.63, 3.8) is 0 Å². The summed E-state index contributed by atoms with van der Waals surface area (Å²) in [6.07, 6.45) is 12.3. The first-order valence-electron chi connectivity index (χ1n) is 11.8. The summed E-state index contributed by atoms with van der Waals surface area (Å²) >= 11 is 0. The highest BCUT2D eigenvalue weighted by atomic mass is 16.6. The zero-order valence-corrected chi connectivity index (χ0v) is 19.0. The molecule has 1 saturated carbocycles. The van der Waals surface area contributed by atoms with E-state index in [4.69, 9.17) is 4.74 Å². The summed E-state index contributed by atoms with van der Waals surface area (Å²) in [7, 11) is 0. The largest absolute Gasteiger partial charge is 0.480 e. The fourth-order valence-corrected chi connectivity index (χ4v) is 4.14. The topological polar surface area (TPSA) is 125 Å². The van der Waals surface area contributed by atoms with Crippen LogP contribution in [0.25, 0.3) is 0 Å². The highest BCUT2D eigenvalue weighted by molar-refractivity contribution is 5.92. The monoisotopic (exact) mass is 451 g/mol. The van der Waals surface area contributed by atoms with Crippen LogP contribution in [0.5, 0.6) is 0 Å². The van der Waals surface area contributed by atoms with Gasteiger partial charge in [0.1, 0.15) is 24.7 Å². The number of nitrogens with zero attached hydrogens (tertiary/aromatic N) is 1. The molecule has 180 valence electrons. The van der Waals surface area contributed by atoms with Crippen LogP contribution in [0.15, 0.2) is 12.2 Å². The lowest BCUT2D eigenvalue weighted by Crippen LogP contribution is -2.52. The molecular weight excluding hydrogens is 414 g/mol. The molecule has 3 amide bonds. The van der Waals surface area contributed by atoms with Crippen molar-refractivity contribution >= 4 is 23.9 Å². The van der Waals surface area contributed by atoms with Gasteiger partial charge in [-0.15, -0.1) is 0 Å². The van der Waals surface area contributed by atoms with Gasteiger partial charge >= 0.3 is 12.1 Å². The summed E-state index contributed by atoms with van der Waals surface area (Å²) in [6, 6.07) is -1.77. The average Bonchev–Trinajstić information content (AvgIpc) is 3.45. The lowest BCUT2D eigenvalue weighted by Gasteiger charge is -2.25. The van der Waals surface area contributed by atoms with Crippen LogP contribution >= 0.6 is 0 Å². The standard InChI is InChI=1S/C23H37N3O6/c1-2-3-4-5-6-7-13-18(22(29)30)25-21(28)19-14-10-15-26(19)20(27)16-24-23(31)32-17-11-8-9-12-17/h6-7,17-19H,2-5,8-16H2,1H3,(H,24,31)(H,25,28)(H,29,30)/b7-6-. The van der Waals surface area contributed by atoms with E-state index in [0.29, 0.717) is 19.4 Å². The third-order valence-corrected chi connectivity index (χ3v) is 5.96. The van der Waals surface area contributed by atoms with Crippen LogP contribution in [-0.4, -0.2) is 65.2 Å². The predicted octanol–water partition coefficient (Wildman–Crippen LogP) is 2.74. The molecule has 2 rings (SSSR count). The number of likely N-dealkylation sites (tertiary alicyclic amines) is 1. The molecular formula is C23H37N3O6. The van der Waals surface area contributed by atoms with E-state index >= 15 is 0 Å². The first-order valence-corrected chi connectivity index (χ1v) is 11.8. The van der Waals surface area contributed by atoms with Gasteiger partial charge in [-0.05, 0) is 57.8 Å². The van der Waals surface area contributed by atoms with E-state index in [1.165, 1.54) is 4.90 Å². The van der Waals surface area contributed by atoms with Crippen molar-refractivity contribution < 1.29 is 29.0 Å². The second-order valence-electron chi connectivity index (χ2n) is 8.51. The number of carbonyl (C=O) groups excluding carboxylic acids is 3. The molecule has 1 heterocycles. The van der Waals surface area contributed by atoms with Crippen LogP contribution in [-0.2, 0) is 19.1 Å². The first-order chi connectivity index (χ1) is 15.4. The number of amides is 3. The number of carbonyl (C=O) groups is 4. The van der Waals surface area contributed by atoms with Crippen molar-refractivity contribution in [1.29, 1.82) is 0 Å². The van der Waals surface area contributed by atoms with Crippen molar-refractivity contribution in [2.45, 2.75) is 95.7 Å². The van der Waals surface area contributed by atoms with E-state index in [1.807, 2.05) is 6.08 Å². The smallest absolute Gasteiger partial charge is 0.407 e. The minimum absolute atomic E-state index is 0.0935. The van der Waals surface area contributed by atoms with Gasteiger partial charge in [-0.25, -0.2) is 9.59 Å². The van der Waals surface area contributed by atoms with Gasteiger partial charge in [-0.2, -0.15) is 0 Å². The van der Waals surface area contributed by atoms with Crippen molar-refractivity contribution in [3.05, 3.63) is 12.2 Å². The number of nitrogens with one attached hydrogen (secondary N) is 2. The maximum Gasteiger partial charge on any atom is 0.407 e. The molecule has 0 aromatic rings. The Bertz CT molecular complexity index is 675. The Balaban J connectivity index is 1.80. The average molecular weight is 452 g/mol. The fourth-order valence-electron chi connectivity index (χ4n) is 4.14. The van der Waals surface area contributed by atoms with Crippen molar-refractivity contribution in [2.24, 2.45) is 0 Å². The van der Waals surface area contributed by atoms with Gasteiger partial charge in [0.15, 0.2) is 0 Å². The molecule has 0 radical (unpaired) electrons. The Morgan fingerprint density at radius 3 is 2.53 bits per heavy atom. The highest BCUT2D eigenvalue weighted by Crippen LogP contribution is 2.21. The second kappa shape index (κ2) is 13.8. The van der Waals surface area contributed by atoms with Gasteiger partial charge in [0.25, 0.3) is 0 Å². The summed E-state index contributed by atoms with van der Waals surface area (Å²) in [5, 5.41) is 14.5. The Hall–Kier alpha value is -2.58. The Morgan fingerprint density at radius 1 is 1.09 bits per heavy atom. The van der Waals surface area contributed by atoms with Crippen LogP contribution in [0.4, 0.5) is 4.79 Å². The van der Waals surface area contributed by atoms with E-state index < -0.39 is 30.1 Å². The quantitative estimate of drug-likeness (QED) is 0.309. The zero-order chi connectivity index (χ0) is 23.3. The minimum Gasteiger partial charge on any atom is -0.480 e. The number of ether oxygens (including phenoxy) is 1. The molecule has 2 unspecified atom stereocenters. The molecule has 0 aromatic heterocycles. The predicted molar refractivity (Wildman–Crippen MR) is 119 cm³/mol. The molecule has 2 aliphatic rings. The molecule has 0 spiro atoms. The number of unbranched alkanes of at least 4 members (excludes halogenated alkanes) is 3. The summed E-state index contributed by atoms with van der Waals surface area (Å²) in [6.45, 7) is 2.26. The maximum absolute atomic E-state index is 12.7. The number of alkyl carbamates (subject to hydrolysis) is 1. The van der Waals surface area contributed by atoms with E-state index in [2.05, 4.69) is 17.6 Å². The number of hydrogen-bond donors (Lipinski definition) is 3. The fraction of sp³-hybridized carbons (Fsp3) is 0.739. The summed E-state index contributed by atoms with van der Waals surface area (Å²) in [5.74, 6) is -1.96. The maximum atomic E-state index is 12.7. The van der Waals surface area contributed by atoms with E-state index in [9.17, 15) is 24.3 Å². The Kier molecular flexibility index (Phi) is 11.0. The van der Waals surface area contributed by atoms with Gasteiger partial charge in [0.05, 0.1) is 0 Å². The summed E-state index contributed by atoms with van der Waals surface area (Å²) in [4.78, 5) is 50.1. The molecule has 1 aliphatic heterocycles. The molecule has 2 fully saturated rings. The number of hydrogen-bond acceptors (Lipinski definition) is 5. The molecule has 9 nitrogen and oxygen atoms in total. The van der Waals surface area contributed by atoms with E-state index in [1.54, 1.807) is 6.08 Å². The summed E-state index contributed by atoms with van der Waals surface area (Å²) < 4.78 is 5.27. The molecule has 1 aliphatic carbocycles. The van der Waals surface area contributed by atoms with E-state index in [-0.39, 0.29) is 25.0 Å². The first kappa shape index (κ1) is 25.7. The second-order valence-corrected chi connectivity index (χ2v) is 8.51. The molecule has 1 saturated heterocycles. The number of rotatable bonds is 12. The minimum atomic E-state index is -1.11. The third kappa shape index (κ3) is 8.51. The van der Waals surface area contributed by atoms with Crippen molar-refractivity contribution in [3.8, 4) is 0 Å². The molecule has 3 N–H and O–H groups in total. The number of aliphatic carboxylic acids is 1. The third-order valence-electron chi connectivity index (χ3n) is 5.96. The normalized spacial score (nSPS) is 19.8. The van der Waals surface area contributed by atoms with Gasteiger partial charge in [0, 0.05) is 6.54 Å².